The maximum atomic E-state index is 14.4. The van der Waals surface area contributed by atoms with E-state index in [4.69, 9.17) is 35.7 Å². The number of nitrogens with zero attached hydrogens (tertiary/aromatic N) is 5. The van der Waals surface area contributed by atoms with Gasteiger partial charge in [-0.3, -0.25) is 0 Å². The van der Waals surface area contributed by atoms with Gasteiger partial charge in [0, 0.05) is 79.2 Å². The minimum Gasteiger partial charge on any atom is -0.438 e. The van der Waals surface area contributed by atoms with Crippen LogP contribution in [0.15, 0.2) is 93.7 Å². The number of aliphatic imine (C=N–C) groups is 2. The summed E-state index contributed by atoms with van der Waals surface area (Å²) in [6.07, 6.45) is 7.02. The van der Waals surface area contributed by atoms with Crippen LogP contribution in [0.25, 0.3) is 11.1 Å². The van der Waals surface area contributed by atoms with Gasteiger partial charge < -0.3 is 25.7 Å². The number of halogens is 3. The molecule has 0 aliphatic carbocycles. The largest absolute Gasteiger partial charge is 0.438 e. The summed E-state index contributed by atoms with van der Waals surface area (Å²) in [5.74, 6) is 3.91. The van der Waals surface area contributed by atoms with Crippen molar-refractivity contribution in [1.82, 2.24) is 15.0 Å². The summed E-state index contributed by atoms with van der Waals surface area (Å²) in [6.45, 7) is 1.51. The molecule has 5 aromatic rings. The minimum absolute atomic E-state index is 0.395. The molecule has 2 atom stereocenters. The third-order valence-electron chi connectivity index (χ3n) is 10.0. The molecular formula is C38H30BrFIN7O3S2. The third kappa shape index (κ3) is 6.17. The molecule has 4 N–H and O–H groups in total. The van der Waals surface area contributed by atoms with Crippen LogP contribution < -0.4 is 20.9 Å². The fraction of sp³-hybridized carbons (Fsp3) is 0.237. The number of hydrogen-bond donors (Lipinski definition) is 2. The second-order valence-corrected chi connectivity index (χ2v) is 17.3. The molecule has 1 fully saturated rings. The lowest BCUT2D eigenvalue weighted by Crippen LogP contribution is -2.31. The van der Waals surface area contributed by atoms with Gasteiger partial charge in [-0.15, -0.1) is 0 Å². The number of pyridine rings is 3. The lowest BCUT2D eigenvalue weighted by atomic mass is 9.80. The molecule has 0 bridgehead atoms. The lowest BCUT2D eigenvalue weighted by molar-refractivity contribution is 0.0852. The van der Waals surface area contributed by atoms with Crippen molar-refractivity contribution in [2.24, 2.45) is 21.5 Å². The number of ether oxygens (including phenoxy) is 3. The smallest absolute Gasteiger partial charge is 0.225 e. The van der Waals surface area contributed by atoms with Crippen molar-refractivity contribution < 1.29 is 18.6 Å². The van der Waals surface area contributed by atoms with Crippen LogP contribution in [-0.2, 0) is 15.8 Å². The molecule has 15 heteroatoms. The van der Waals surface area contributed by atoms with Crippen LogP contribution in [0.5, 0.6) is 23.3 Å². The summed E-state index contributed by atoms with van der Waals surface area (Å²) in [5, 5.41) is 1.13. The number of benzene rings is 2. The molecule has 1 saturated heterocycles. The number of thioether (sulfide) groups is 2. The molecule has 10 rings (SSSR count). The van der Waals surface area contributed by atoms with Gasteiger partial charge in [0.1, 0.15) is 22.6 Å². The summed E-state index contributed by atoms with van der Waals surface area (Å²) in [5.41, 5.74) is 17.0. The van der Waals surface area contributed by atoms with E-state index in [0.29, 0.717) is 45.1 Å². The fourth-order valence-electron chi connectivity index (χ4n) is 7.44. The van der Waals surface area contributed by atoms with Gasteiger partial charge in [0.05, 0.1) is 0 Å². The number of hydrogen-bond acceptors (Lipinski definition) is 12. The van der Waals surface area contributed by atoms with E-state index < -0.39 is 17.0 Å². The van der Waals surface area contributed by atoms with Crippen molar-refractivity contribution in [3.8, 4) is 34.4 Å². The van der Waals surface area contributed by atoms with Gasteiger partial charge in [-0.1, -0.05) is 29.6 Å². The standard InChI is InChI=1S/C24H21FN4O2S.C14H9BrIN3OS/c25-21-17(2-1-7-27-21)15-3-4-20-18(10-15)24(13-32-23(26)29-24)19-11-16(12-28-22(19)31-20)14-5-8-30-9-6-14;15-7-3-10-12(18-5-7)20-11-2-1-8(16)4-9(11)14(10)6-21-13(17)19-14/h1-4,7,10-12,14H,5-6,8-9,13H2,(H2,26,29);1-5H,6H2,(H2,17,19)/t24-;14-/m00/s1. The van der Waals surface area contributed by atoms with Crippen LogP contribution in [0.2, 0.25) is 0 Å². The molecule has 0 radical (unpaired) electrons. The predicted molar refractivity (Wildman–Crippen MR) is 218 cm³/mol. The summed E-state index contributed by atoms with van der Waals surface area (Å²) < 4.78 is 34.2. The van der Waals surface area contributed by atoms with Crippen molar-refractivity contribution in [3.63, 3.8) is 0 Å². The Morgan fingerprint density at radius 1 is 0.774 bits per heavy atom. The van der Waals surface area contributed by atoms with Crippen LogP contribution in [0.1, 0.15) is 46.6 Å². The van der Waals surface area contributed by atoms with Crippen molar-refractivity contribution >= 4 is 72.4 Å². The first kappa shape index (κ1) is 35.0. The lowest BCUT2D eigenvalue weighted by Gasteiger charge is -2.35. The van der Waals surface area contributed by atoms with Crippen molar-refractivity contribution in [2.75, 3.05) is 24.7 Å². The Morgan fingerprint density at radius 2 is 1.42 bits per heavy atom. The Labute approximate surface area is 335 Å². The minimum atomic E-state index is -0.722. The highest BCUT2D eigenvalue weighted by atomic mass is 127. The SMILES string of the molecule is NC1=N[C@@]2(CS1)c1cc(-c3cccnc3F)ccc1Oc1ncc(C3CCOCC3)cc12.NC1=N[C@@]2(CS1)c1cc(I)ccc1Oc1ncc(Br)cc12. The molecular weight excluding hydrogens is 892 g/mol. The van der Waals surface area contributed by atoms with E-state index in [1.807, 2.05) is 42.6 Å². The summed E-state index contributed by atoms with van der Waals surface area (Å²) in [6, 6.07) is 19.4. The Bertz CT molecular complexity index is 2310. The van der Waals surface area contributed by atoms with Gasteiger partial charge in [0.15, 0.2) is 10.3 Å². The van der Waals surface area contributed by atoms with Crippen LogP contribution >= 0.6 is 62.0 Å². The molecule has 2 spiro atoms. The van der Waals surface area contributed by atoms with Crippen molar-refractivity contribution in [1.29, 1.82) is 0 Å². The van der Waals surface area contributed by atoms with E-state index >= 15 is 0 Å². The fourth-order valence-corrected chi connectivity index (χ4v) is 10.2. The molecule has 53 heavy (non-hydrogen) atoms. The second-order valence-electron chi connectivity index (χ2n) is 13.1. The van der Waals surface area contributed by atoms with Gasteiger partial charge in [0.2, 0.25) is 17.7 Å². The van der Waals surface area contributed by atoms with E-state index in [2.05, 4.69) is 65.6 Å². The average Bonchev–Trinajstić information content (AvgIpc) is 3.76. The van der Waals surface area contributed by atoms with Crippen molar-refractivity contribution in [2.45, 2.75) is 29.8 Å². The molecule has 10 nitrogen and oxygen atoms in total. The van der Waals surface area contributed by atoms with Gasteiger partial charge >= 0.3 is 0 Å². The Balaban J connectivity index is 0.000000153. The van der Waals surface area contributed by atoms with Crippen LogP contribution in [0.3, 0.4) is 0 Å². The highest BCUT2D eigenvalue weighted by molar-refractivity contribution is 14.1. The molecule has 268 valence electrons. The van der Waals surface area contributed by atoms with Crippen LogP contribution in [0, 0.1) is 9.52 Å². The zero-order valence-electron chi connectivity index (χ0n) is 27.9. The number of nitrogens with two attached hydrogens (primary N) is 2. The number of amidine groups is 2. The molecule has 2 aromatic carbocycles. The highest BCUT2D eigenvalue weighted by Gasteiger charge is 2.48. The van der Waals surface area contributed by atoms with Crippen LogP contribution in [0.4, 0.5) is 4.39 Å². The van der Waals surface area contributed by atoms with Gasteiger partial charge in [-0.2, -0.15) is 4.39 Å². The number of fused-ring (bicyclic) bond motifs is 8. The average molecular weight is 923 g/mol. The van der Waals surface area contributed by atoms with Gasteiger partial charge in [0.25, 0.3) is 0 Å². The number of aromatic nitrogens is 3. The first-order chi connectivity index (χ1) is 25.7. The molecule has 5 aliphatic heterocycles. The third-order valence-corrected chi connectivity index (χ3v) is 13.0. The summed E-state index contributed by atoms with van der Waals surface area (Å²) in [4.78, 5) is 22.5. The summed E-state index contributed by atoms with van der Waals surface area (Å²) >= 11 is 8.87. The molecule has 0 saturated carbocycles. The van der Waals surface area contributed by atoms with E-state index in [0.717, 1.165) is 73.4 Å². The molecule has 3 aromatic heterocycles. The van der Waals surface area contributed by atoms with Crippen molar-refractivity contribution in [3.05, 3.63) is 121 Å². The van der Waals surface area contributed by atoms with E-state index in [9.17, 15) is 4.39 Å². The normalized spacial score (nSPS) is 22.3. The summed E-state index contributed by atoms with van der Waals surface area (Å²) in [7, 11) is 0. The maximum absolute atomic E-state index is 14.4. The Kier molecular flexibility index (Phi) is 9.12. The van der Waals surface area contributed by atoms with Gasteiger partial charge in [-0.25, -0.2) is 24.9 Å². The number of rotatable bonds is 2. The van der Waals surface area contributed by atoms with Gasteiger partial charge in [-0.05, 0) is 123 Å². The first-order valence-electron chi connectivity index (χ1n) is 16.8. The Hall–Kier alpha value is -3.77. The predicted octanol–water partition coefficient (Wildman–Crippen LogP) is 8.45. The maximum Gasteiger partial charge on any atom is 0.225 e. The Morgan fingerprint density at radius 3 is 2.08 bits per heavy atom. The molecule has 5 aliphatic rings. The highest BCUT2D eigenvalue weighted by Crippen LogP contribution is 2.55. The first-order valence-corrected chi connectivity index (χ1v) is 20.7. The van der Waals surface area contributed by atoms with E-state index in [1.54, 1.807) is 30.1 Å². The van der Waals surface area contributed by atoms with E-state index in [-0.39, 0.29) is 0 Å². The molecule has 0 unspecified atom stereocenters. The molecule has 0 amide bonds. The molecule has 8 heterocycles. The quantitative estimate of drug-likeness (QED) is 0.131. The topological polar surface area (TPSA) is 143 Å². The second kappa shape index (κ2) is 13.8. The van der Waals surface area contributed by atoms with Crippen LogP contribution in [-0.4, -0.2) is 50.0 Å². The van der Waals surface area contributed by atoms with E-state index in [1.165, 1.54) is 23.5 Å². The zero-order chi connectivity index (χ0) is 36.3. The zero-order valence-corrected chi connectivity index (χ0v) is 33.3. The monoisotopic (exact) mass is 921 g/mol.